The molecule has 0 saturated carbocycles. The maximum Gasteiger partial charge on any atom is 0.230 e. The number of thiazole rings is 1. The van der Waals surface area contributed by atoms with Gasteiger partial charge in [-0.3, -0.25) is 4.79 Å². The summed E-state index contributed by atoms with van der Waals surface area (Å²) in [6.07, 6.45) is 1.95. The van der Waals surface area contributed by atoms with Crippen molar-refractivity contribution in [2.45, 2.75) is 17.2 Å². The number of fused-ring (bicyclic) bond motifs is 1. The number of nitrogens with one attached hydrogen (secondary N) is 1. The molecule has 2 aromatic carbocycles. The van der Waals surface area contributed by atoms with Gasteiger partial charge < -0.3 is 5.32 Å². The number of carbonyl (C=O) groups excluding carboxylic acids is 1. The van der Waals surface area contributed by atoms with Crippen LogP contribution in [-0.4, -0.2) is 23.2 Å². The molecule has 0 aliphatic heterocycles. The summed E-state index contributed by atoms with van der Waals surface area (Å²) in [5.41, 5.74) is 2.31. The lowest BCUT2D eigenvalue weighted by atomic mass is 10.1. The average Bonchev–Trinajstić information content (AvgIpc) is 3.01. The van der Waals surface area contributed by atoms with Gasteiger partial charge in [-0.25, -0.2) is 4.98 Å². The zero-order chi connectivity index (χ0) is 15.9. The fraction of sp³-hybridized carbons (Fsp3) is 0.222. The van der Waals surface area contributed by atoms with Crippen molar-refractivity contribution in [3.63, 3.8) is 0 Å². The molecule has 3 rings (SSSR count). The topological polar surface area (TPSA) is 42.0 Å². The van der Waals surface area contributed by atoms with E-state index in [1.165, 1.54) is 22.0 Å². The van der Waals surface area contributed by atoms with Crippen LogP contribution in [0.2, 0.25) is 0 Å². The monoisotopic (exact) mass is 342 g/mol. The third kappa shape index (κ3) is 4.81. The molecule has 118 valence electrons. The van der Waals surface area contributed by atoms with E-state index in [9.17, 15) is 4.79 Å². The van der Waals surface area contributed by atoms with Gasteiger partial charge in [-0.05, 0) is 30.5 Å². The number of aryl methyl sites for hydroxylation is 1. The molecule has 1 aromatic heterocycles. The molecule has 0 radical (unpaired) electrons. The van der Waals surface area contributed by atoms with Gasteiger partial charge in [-0.2, -0.15) is 0 Å². The molecule has 0 bridgehead atoms. The summed E-state index contributed by atoms with van der Waals surface area (Å²) in [7, 11) is 0. The van der Waals surface area contributed by atoms with E-state index >= 15 is 0 Å². The van der Waals surface area contributed by atoms with E-state index in [1.54, 1.807) is 11.3 Å². The lowest BCUT2D eigenvalue weighted by Crippen LogP contribution is -2.26. The summed E-state index contributed by atoms with van der Waals surface area (Å²) in [5, 5.41) is 2.97. The van der Waals surface area contributed by atoms with Crippen molar-refractivity contribution < 1.29 is 4.79 Å². The predicted octanol–water partition coefficient (Wildman–Crippen LogP) is 4.14. The second-order valence-corrected chi connectivity index (χ2v) is 7.43. The van der Waals surface area contributed by atoms with Crippen LogP contribution < -0.4 is 5.32 Å². The summed E-state index contributed by atoms with van der Waals surface area (Å²) in [5.74, 6) is 0.493. The molecule has 0 aliphatic rings. The van der Waals surface area contributed by atoms with Crippen LogP contribution in [0.25, 0.3) is 10.2 Å². The zero-order valence-electron chi connectivity index (χ0n) is 12.7. The average molecular weight is 342 g/mol. The van der Waals surface area contributed by atoms with Gasteiger partial charge in [-0.1, -0.05) is 54.2 Å². The number of carbonyl (C=O) groups is 1. The molecule has 0 aliphatic carbocycles. The van der Waals surface area contributed by atoms with Crippen LogP contribution in [0.15, 0.2) is 58.9 Å². The van der Waals surface area contributed by atoms with E-state index in [0.29, 0.717) is 12.3 Å². The molecule has 0 fully saturated rings. The molecule has 3 nitrogen and oxygen atoms in total. The highest BCUT2D eigenvalue weighted by Gasteiger charge is 2.07. The molecule has 0 spiro atoms. The quantitative estimate of drug-likeness (QED) is 0.518. The number of para-hydroxylation sites is 1. The first kappa shape index (κ1) is 16.0. The van der Waals surface area contributed by atoms with Gasteiger partial charge in [0.1, 0.15) is 0 Å². The van der Waals surface area contributed by atoms with Crippen molar-refractivity contribution in [3.8, 4) is 0 Å². The molecule has 0 atom stereocenters. The fourth-order valence-corrected chi connectivity index (χ4v) is 4.15. The molecule has 1 heterocycles. The van der Waals surface area contributed by atoms with Crippen LogP contribution >= 0.6 is 23.1 Å². The molecule has 0 saturated heterocycles. The number of nitrogens with zero attached hydrogens (tertiary/aromatic N) is 1. The number of benzene rings is 2. The van der Waals surface area contributed by atoms with Gasteiger partial charge >= 0.3 is 0 Å². The van der Waals surface area contributed by atoms with Gasteiger partial charge in [0.05, 0.1) is 16.0 Å². The number of hydrogen-bond donors (Lipinski definition) is 1. The van der Waals surface area contributed by atoms with Crippen molar-refractivity contribution in [2.75, 3.05) is 12.3 Å². The Kier molecular flexibility index (Phi) is 5.66. The van der Waals surface area contributed by atoms with Crippen LogP contribution in [0.4, 0.5) is 0 Å². The zero-order valence-corrected chi connectivity index (χ0v) is 14.3. The van der Waals surface area contributed by atoms with Crippen LogP contribution in [-0.2, 0) is 11.2 Å². The third-order valence-corrected chi connectivity index (χ3v) is 5.59. The molecule has 1 N–H and O–H groups in total. The van der Waals surface area contributed by atoms with Crippen LogP contribution in [0, 0.1) is 0 Å². The van der Waals surface area contributed by atoms with E-state index in [4.69, 9.17) is 0 Å². The second kappa shape index (κ2) is 8.13. The first-order chi connectivity index (χ1) is 11.3. The minimum absolute atomic E-state index is 0.0716. The second-order valence-electron chi connectivity index (χ2n) is 5.18. The SMILES string of the molecule is O=C(CSc1nc2ccccc2s1)NCCCc1ccccc1. The van der Waals surface area contributed by atoms with Gasteiger partial charge in [-0.15, -0.1) is 11.3 Å². The van der Waals surface area contributed by atoms with Gasteiger partial charge in [0.15, 0.2) is 4.34 Å². The minimum atomic E-state index is 0.0716. The summed E-state index contributed by atoms with van der Waals surface area (Å²) in [4.78, 5) is 16.4. The first-order valence-corrected chi connectivity index (χ1v) is 9.40. The van der Waals surface area contributed by atoms with E-state index in [-0.39, 0.29) is 5.91 Å². The van der Waals surface area contributed by atoms with Crippen molar-refractivity contribution in [2.24, 2.45) is 0 Å². The van der Waals surface area contributed by atoms with Gasteiger partial charge in [0, 0.05) is 6.54 Å². The highest BCUT2D eigenvalue weighted by Crippen LogP contribution is 2.28. The molecule has 23 heavy (non-hydrogen) atoms. The van der Waals surface area contributed by atoms with Crippen LogP contribution in [0.5, 0.6) is 0 Å². The number of thioether (sulfide) groups is 1. The van der Waals surface area contributed by atoms with Crippen molar-refractivity contribution in [1.82, 2.24) is 10.3 Å². The van der Waals surface area contributed by atoms with Gasteiger partial charge in [0.25, 0.3) is 0 Å². The molecular formula is C18H18N2OS2. The molecule has 0 unspecified atom stereocenters. The summed E-state index contributed by atoms with van der Waals surface area (Å²) >= 11 is 3.14. The Hall–Kier alpha value is -1.85. The Labute approximate surface area is 144 Å². The van der Waals surface area contributed by atoms with Crippen LogP contribution in [0.3, 0.4) is 0 Å². The standard InChI is InChI=1S/C18H18N2OS2/c21-17(19-12-6-9-14-7-2-1-3-8-14)13-22-18-20-15-10-4-5-11-16(15)23-18/h1-5,7-8,10-11H,6,9,12-13H2,(H,19,21). The Morgan fingerprint density at radius 2 is 1.87 bits per heavy atom. The number of amides is 1. The number of rotatable bonds is 7. The molecule has 3 aromatic rings. The summed E-state index contributed by atoms with van der Waals surface area (Å²) in [6.45, 7) is 0.716. The maximum absolute atomic E-state index is 11.9. The smallest absolute Gasteiger partial charge is 0.230 e. The Bertz CT molecular complexity index is 738. The molecule has 1 amide bonds. The van der Waals surface area contributed by atoms with Crippen molar-refractivity contribution in [3.05, 3.63) is 60.2 Å². The molecular weight excluding hydrogens is 324 g/mol. The predicted molar refractivity (Wildman–Crippen MR) is 98.1 cm³/mol. The fourth-order valence-electron chi connectivity index (χ4n) is 2.26. The van der Waals surface area contributed by atoms with Gasteiger partial charge in [0.2, 0.25) is 5.91 Å². The third-order valence-electron chi connectivity index (χ3n) is 3.41. The van der Waals surface area contributed by atoms with E-state index < -0.39 is 0 Å². The lowest BCUT2D eigenvalue weighted by molar-refractivity contribution is -0.118. The van der Waals surface area contributed by atoms with E-state index in [1.807, 2.05) is 36.4 Å². The van der Waals surface area contributed by atoms with E-state index in [2.05, 4.69) is 28.5 Å². The highest BCUT2D eigenvalue weighted by atomic mass is 32.2. The Morgan fingerprint density at radius 3 is 2.70 bits per heavy atom. The normalized spacial score (nSPS) is 10.8. The number of hydrogen-bond acceptors (Lipinski definition) is 4. The number of aromatic nitrogens is 1. The minimum Gasteiger partial charge on any atom is -0.355 e. The molecule has 5 heteroatoms. The first-order valence-electron chi connectivity index (χ1n) is 7.60. The Morgan fingerprint density at radius 1 is 1.09 bits per heavy atom. The Balaban J connectivity index is 1.38. The van der Waals surface area contributed by atoms with Crippen LogP contribution in [0.1, 0.15) is 12.0 Å². The summed E-state index contributed by atoms with van der Waals surface area (Å²) in [6, 6.07) is 18.4. The highest BCUT2D eigenvalue weighted by molar-refractivity contribution is 8.01. The van der Waals surface area contributed by atoms with E-state index in [0.717, 1.165) is 22.7 Å². The maximum atomic E-state index is 11.9. The van der Waals surface area contributed by atoms with Crippen molar-refractivity contribution >= 4 is 39.2 Å². The lowest BCUT2D eigenvalue weighted by Gasteiger charge is -2.04. The largest absolute Gasteiger partial charge is 0.355 e. The summed E-state index contributed by atoms with van der Waals surface area (Å²) < 4.78 is 2.11. The van der Waals surface area contributed by atoms with Crippen molar-refractivity contribution in [1.29, 1.82) is 0 Å².